The average Bonchev–Trinajstić information content (AvgIpc) is 3.20. The van der Waals surface area contributed by atoms with Gasteiger partial charge < -0.3 is 14.3 Å². The number of aryl methyl sites for hydroxylation is 1. The third-order valence-electron chi connectivity index (χ3n) is 4.60. The molecule has 0 fully saturated rings. The average molecular weight is 375 g/mol. The maximum Gasteiger partial charge on any atom is 0.274 e. The number of benzene rings is 2. The van der Waals surface area contributed by atoms with E-state index in [1.165, 1.54) is 16.7 Å². The summed E-state index contributed by atoms with van der Waals surface area (Å²) in [4.78, 5) is 26.2. The van der Waals surface area contributed by atoms with E-state index in [9.17, 15) is 14.9 Å². The molecular weight excluding hydrogens is 358 g/mol. The highest BCUT2D eigenvalue weighted by Crippen LogP contribution is 2.37. The van der Waals surface area contributed by atoms with Gasteiger partial charge in [-0.25, -0.2) is 0 Å². The van der Waals surface area contributed by atoms with Gasteiger partial charge in [0, 0.05) is 48.1 Å². The lowest BCUT2D eigenvalue weighted by Gasteiger charge is -2.13. The molecule has 7 nitrogen and oxygen atoms in total. The Morgan fingerprint density at radius 3 is 2.64 bits per heavy atom. The van der Waals surface area contributed by atoms with E-state index in [0.717, 1.165) is 5.56 Å². The van der Waals surface area contributed by atoms with Crippen LogP contribution in [0, 0.1) is 10.1 Å². The summed E-state index contributed by atoms with van der Waals surface area (Å²) >= 11 is 0. The number of nitrogens with zero attached hydrogens (tertiary/aromatic N) is 2. The number of non-ortho nitro benzene ring substituents is 1. The van der Waals surface area contributed by atoms with Gasteiger partial charge in [0.15, 0.2) is 0 Å². The van der Waals surface area contributed by atoms with Crippen molar-refractivity contribution >= 4 is 16.6 Å². The molecule has 0 atom stereocenters. The Balaban J connectivity index is 1.86. The number of ether oxygens (including phenoxy) is 1. The molecule has 4 rings (SSSR count). The standard InChI is InChI=1S/C21H17N3O4/c1-23-12-18(16-9-10-22-20(16)21(23)25)17-11-15(24(26)27)7-8-19(17)28-13-14-5-3-2-4-6-14/h2-12,22H,13H2,1H3. The van der Waals surface area contributed by atoms with Crippen LogP contribution in [-0.2, 0) is 13.7 Å². The summed E-state index contributed by atoms with van der Waals surface area (Å²) in [5, 5.41) is 12.0. The minimum absolute atomic E-state index is 0.0420. The van der Waals surface area contributed by atoms with Crippen LogP contribution in [0.1, 0.15) is 5.56 Å². The molecule has 0 aliphatic rings. The summed E-state index contributed by atoms with van der Waals surface area (Å²) in [6.45, 7) is 0.327. The largest absolute Gasteiger partial charge is 0.488 e. The number of rotatable bonds is 5. The first-order valence-corrected chi connectivity index (χ1v) is 8.67. The molecule has 0 radical (unpaired) electrons. The molecular formula is C21H17N3O4. The third-order valence-corrected chi connectivity index (χ3v) is 4.60. The first kappa shape index (κ1) is 17.5. The van der Waals surface area contributed by atoms with E-state index < -0.39 is 4.92 Å². The molecule has 2 aromatic heterocycles. The van der Waals surface area contributed by atoms with Crippen molar-refractivity contribution in [3.05, 3.63) is 93.0 Å². The normalized spacial score (nSPS) is 10.9. The number of H-pyrrole nitrogens is 1. The molecule has 7 heteroatoms. The van der Waals surface area contributed by atoms with Crippen LogP contribution in [0.5, 0.6) is 5.75 Å². The number of aromatic nitrogens is 2. The molecule has 2 aromatic carbocycles. The topological polar surface area (TPSA) is 90.2 Å². The molecule has 28 heavy (non-hydrogen) atoms. The van der Waals surface area contributed by atoms with Crippen LogP contribution in [0.15, 0.2) is 71.8 Å². The Hall–Kier alpha value is -3.87. The van der Waals surface area contributed by atoms with Crippen molar-refractivity contribution in [2.45, 2.75) is 6.61 Å². The molecule has 0 aliphatic heterocycles. The highest BCUT2D eigenvalue weighted by atomic mass is 16.6. The van der Waals surface area contributed by atoms with Crippen LogP contribution in [0.3, 0.4) is 0 Å². The Bertz CT molecular complexity index is 1230. The summed E-state index contributed by atoms with van der Waals surface area (Å²) in [6, 6.07) is 15.9. The molecule has 2 heterocycles. The quantitative estimate of drug-likeness (QED) is 0.421. The molecule has 0 aliphatic carbocycles. The van der Waals surface area contributed by atoms with Gasteiger partial charge in [0.05, 0.1) is 4.92 Å². The van der Waals surface area contributed by atoms with Gasteiger partial charge in [0.25, 0.3) is 11.2 Å². The summed E-state index contributed by atoms with van der Waals surface area (Å²) in [6.07, 6.45) is 3.35. The number of fused-ring (bicyclic) bond motifs is 1. The smallest absolute Gasteiger partial charge is 0.274 e. The number of hydrogen-bond donors (Lipinski definition) is 1. The van der Waals surface area contributed by atoms with Crippen molar-refractivity contribution in [3.8, 4) is 16.9 Å². The predicted molar refractivity (Wildman–Crippen MR) is 106 cm³/mol. The van der Waals surface area contributed by atoms with Gasteiger partial charge >= 0.3 is 0 Å². The Labute approximate surface area is 160 Å². The van der Waals surface area contributed by atoms with Gasteiger partial charge in [0.1, 0.15) is 17.9 Å². The van der Waals surface area contributed by atoms with Gasteiger partial charge in [-0.05, 0) is 17.7 Å². The first-order chi connectivity index (χ1) is 13.5. The van der Waals surface area contributed by atoms with E-state index in [-0.39, 0.29) is 11.2 Å². The third kappa shape index (κ3) is 3.14. The number of nitrogens with one attached hydrogen (secondary N) is 1. The maximum atomic E-state index is 12.3. The van der Waals surface area contributed by atoms with Crippen LogP contribution < -0.4 is 10.3 Å². The lowest BCUT2D eigenvalue weighted by Crippen LogP contribution is -2.16. The second-order valence-electron chi connectivity index (χ2n) is 6.44. The van der Waals surface area contributed by atoms with E-state index in [1.807, 2.05) is 30.3 Å². The number of nitro groups is 1. The van der Waals surface area contributed by atoms with Crippen molar-refractivity contribution < 1.29 is 9.66 Å². The summed E-state index contributed by atoms with van der Waals surface area (Å²) in [7, 11) is 1.65. The summed E-state index contributed by atoms with van der Waals surface area (Å²) in [5.74, 6) is 0.510. The minimum atomic E-state index is -0.444. The predicted octanol–water partition coefficient (Wildman–Crippen LogP) is 4.02. The Kier molecular flexibility index (Phi) is 4.41. The second-order valence-corrected chi connectivity index (χ2v) is 6.44. The van der Waals surface area contributed by atoms with Crippen molar-refractivity contribution in [2.75, 3.05) is 0 Å². The fourth-order valence-electron chi connectivity index (χ4n) is 3.19. The second kappa shape index (κ2) is 7.03. The van der Waals surface area contributed by atoms with Gasteiger partial charge in [-0.15, -0.1) is 0 Å². The Morgan fingerprint density at radius 2 is 1.89 bits per heavy atom. The van der Waals surface area contributed by atoms with Crippen molar-refractivity contribution in [1.82, 2.24) is 9.55 Å². The fourth-order valence-corrected chi connectivity index (χ4v) is 3.19. The number of pyridine rings is 1. The van der Waals surface area contributed by atoms with Gasteiger partial charge in [-0.2, -0.15) is 0 Å². The van der Waals surface area contributed by atoms with Crippen LogP contribution in [0.25, 0.3) is 22.0 Å². The molecule has 140 valence electrons. The number of aromatic amines is 1. The Morgan fingerprint density at radius 1 is 1.11 bits per heavy atom. The zero-order valence-corrected chi connectivity index (χ0v) is 15.1. The van der Waals surface area contributed by atoms with Crippen molar-refractivity contribution in [3.63, 3.8) is 0 Å². The molecule has 1 N–H and O–H groups in total. The molecule has 0 saturated carbocycles. The molecule has 0 amide bonds. The van der Waals surface area contributed by atoms with E-state index in [4.69, 9.17) is 4.74 Å². The monoisotopic (exact) mass is 375 g/mol. The molecule has 4 aromatic rings. The first-order valence-electron chi connectivity index (χ1n) is 8.67. The zero-order valence-electron chi connectivity index (χ0n) is 15.1. The van der Waals surface area contributed by atoms with E-state index in [0.29, 0.717) is 34.4 Å². The van der Waals surface area contributed by atoms with Crippen LogP contribution >= 0.6 is 0 Å². The zero-order chi connectivity index (χ0) is 19.7. The van der Waals surface area contributed by atoms with E-state index >= 15 is 0 Å². The minimum Gasteiger partial charge on any atom is -0.488 e. The SMILES string of the molecule is Cn1cc(-c2cc([N+](=O)[O-])ccc2OCc2ccccc2)c2cc[nH]c2c1=O. The summed E-state index contributed by atoms with van der Waals surface area (Å²) < 4.78 is 7.44. The molecule has 0 bridgehead atoms. The lowest BCUT2D eigenvalue weighted by molar-refractivity contribution is -0.384. The van der Waals surface area contributed by atoms with Crippen LogP contribution in [0.4, 0.5) is 5.69 Å². The number of hydrogen-bond acceptors (Lipinski definition) is 4. The van der Waals surface area contributed by atoms with E-state index in [2.05, 4.69) is 4.98 Å². The maximum absolute atomic E-state index is 12.3. The lowest BCUT2D eigenvalue weighted by atomic mass is 10.0. The van der Waals surface area contributed by atoms with Gasteiger partial charge in [-0.3, -0.25) is 14.9 Å². The highest BCUT2D eigenvalue weighted by Gasteiger charge is 2.18. The fraction of sp³-hybridized carbons (Fsp3) is 0.0952. The highest BCUT2D eigenvalue weighted by molar-refractivity contribution is 5.96. The molecule has 0 unspecified atom stereocenters. The summed E-state index contributed by atoms with van der Waals surface area (Å²) in [5.41, 5.74) is 2.47. The van der Waals surface area contributed by atoms with E-state index in [1.54, 1.807) is 31.6 Å². The van der Waals surface area contributed by atoms with Crippen molar-refractivity contribution in [2.24, 2.45) is 7.05 Å². The molecule has 0 saturated heterocycles. The van der Waals surface area contributed by atoms with Gasteiger partial charge in [0.2, 0.25) is 0 Å². The van der Waals surface area contributed by atoms with Gasteiger partial charge in [-0.1, -0.05) is 30.3 Å². The van der Waals surface area contributed by atoms with Crippen molar-refractivity contribution in [1.29, 1.82) is 0 Å². The van der Waals surface area contributed by atoms with Crippen LogP contribution in [0.2, 0.25) is 0 Å². The number of nitro benzene ring substituents is 1. The molecule has 0 spiro atoms. The van der Waals surface area contributed by atoms with Crippen LogP contribution in [-0.4, -0.2) is 14.5 Å².